The van der Waals surface area contributed by atoms with Crippen molar-refractivity contribution in [2.24, 2.45) is 0 Å². The number of methoxy groups -OCH3 is 2. The molecule has 10 nitrogen and oxygen atoms in total. The zero-order chi connectivity index (χ0) is 29.5. The second-order valence-corrected chi connectivity index (χ2v) is 9.27. The van der Waals surface area contributed by atoms with Crippen molar-refractivity contribution in [2.45, 2.75) is 0 Å². The van der Waals surface area contributed by atoms with Gasteiger partial charge in [0.15, 0.2) is 22.4 Å². The van der Waals surface area contributed by atoms with E-state index in [0.29, 0.717) is 22.6 Å². The van der Waals surface area contributed by atoms with Gasteiger partial charge in [0, 0.05) is 41.5 Å². The van der Waals surface area contributed by atoms with E-state index in [1.54, 1.807) is 36.4 Å². The Kier molecular flexibility index (Phi) is 6.43. The van der Waals surface area contributed by atoms with Gasteiger partial charge in [0.05, 0.1) is 14.2 Å². The number of phenols is 3. The van der Waals surface area contributed by atoms with E-state index in [4.69, 9.17) is 23.0 Å². The van der Waals surface area contributed by atoms with Gasteiger partial charge in [-0.15, -0.1) is 0 Å². The summed E-state index contributed by atoms with van der Waals surface area (Å²) in [5.74, 6) is 0.493. The Morgan fingerprint density at radius 1 is 0.619 bits per heavy atom. The first kappa shape index (κ1) is 26.3. The monoisotopic (exact) mass is 566 g/mol. The summed E-state index contributed by atoms with van der Waals surface area (Å²) < 4.78 is 28.3. The quantitative estimate of drug-likeness (QED) is 0.214. The maximum atomic E-state index is 13.0. The van der Waals surface area contributed by atoms with Gasteiger partial charge in [0.1, 0.15) is 56.5 Å². The van der Waals surface area contributed by atoms with Gasteiger partial charge in [-0.1, -0.05) is 0 Å². The maximum Gasteiger partial charge on any atom is 0.211 e. The van der Waals surface area contributed by atoms with Crippen molar-refractivity contribution in [1.29, 1.82) is 0 Å². The fourth-order valence-corrected chi connectivity index (χ4v) is 4.59. The van der Waals surface area contributed by atoms with Gasteiger partial charge in [-0.2, -0.15) is 0 Å². The van der Waals surface area contributed by atoms with Crippen LogP contribution in [0.25, 0.3) is 44.6 Å². The number of hydrogen-bond donors (Lipinski definition) is 3. The summed E-state index contributed by atoms with van der Waals surface area (Å²) in [4.78, 5) is 25.7. The number of ether oxygens (including phenoxy) is 3. The molecule has 0 atom stereocenters. The molecule has 2 heterocycles. The predicted octanol–water partition coefficient (Wildman–Crippen LogP) is 6.16. The maximum absolute atomic E-state index is 13.0. The average Bonchev–Trinajstić information content (AvgIpc) is 2.98. The first-order valence-electron chi connectivity index (χ1n) is 12.6. The minimum Gasteiger partial charge on any atom is -0.508 e. The largest absolute Gasteiger partial charge is 0.508 e. The van der Waals surface area contributed by atoms with Crippen molar-refractivity contribution >= 4 is 21.9 Å². The van der Waals surface area contributed by atoms with Gasteiger partial charge in [-0.25, -0.2) is 0 Å². The summed E-state index contributed by atoms with van der Waals surface area (Å²) in [5.41, 5.74) is 0.410. The van der Waals surface area contributed by atoms with Crippen LogP contribution in [-0.4, -0.2) is 29.5 Å². The first-order chi connectivity index (χ1) is 20.2. The summed E-state index contributed by atoms with van der Waals surface area (Å²) in [6.45, 7) is 0. The molecule has 0 saturated heterocycles. The molecule has 0 fully saturated rings. The second-order valence-electron chi connectivity index (χ2n) is 9.27. The Labute approximate surface area is 236 Å². The number of hydrogen-bond acceptors (Lipinski definition) is 10. The van der Waals surface area contributed by atoms with Crippen LogP contribution in [0.1, 0.15) is 0 Å². The van der Waals surface area contributed by atoms with E-state index in [1.165, 1.54) is 56.7 Å². The second kappa shape index (κ2) is 10.3. The molecule has 0 amide bonds. The van der Waals surface area contributed by atoms with Gasteiger partial charge in [0.25, 0.3) is 0 Å². The topological polar surface area (TPSA) is 149 Å². The molecule has 6 rings (SSSR count). The number of benzene rings is 4. The lowest BCUT2D eigenvalue weighted by molar-refractivity contribution is 0.359. The van der Waals surface area contributed by atoms with Crippen LogP contribution in [0.5, 0.6) is 40.2 Å². The number of phenolic OH excluding ortho intramolecular Hbond substituents is 3. The van der Waals surface area contributed by atoms with Crippen LogP contribution >= 0.6 is 0 Å². The van der Waals surface area contributed by atoms with Crippen LogP contribution in [0.3, 0.4) is 0 Å². The Morgan fingerprint density at radius 3 is 1.79 bits per heavy atom. The molecule has 0 unspecified atom stereocenters. The molecule has 2 aromatic heterocycles. The normalized spacial score (nSPS) is 11.1. The van der Waals surface area contributed by atoms with Crippen molar-refractivity contribution in [3.63, 3.8) is 0 Å². The fourth-order valence-electron chi connectivity index (χ4n) is 4.59. The van der Waals surface area contributed by atoms with E-state index in [2.05, 4.69) is 0 Å². The minimum absolute atomic E-state index is 0.0399. The Bertz CT molecular complexity index is 2090. The van der Waals surface area contributed by atoms with Crippen LogP contribution in [0.4, 0.5) is 0 Å². The summed E-state index contributed by atoms with van der Waals surface area (Å²) in [6.07, 6.45) is 0. The molecule has 0 saturated carbocycles. The summed E-state index contributed by atoms with van der Waals surface area (Å²) in [5, 5.41) is 30.7. The third-order valence-electron chi connectivity index (χ3n) is 6.66. The molecule has 0 bridgehead atoms. The highest BCUT2D eigenvalue weighted by atomic mass is 16.5. The highest BCUT2D eigenvalue weighted by molar-refractivity contribution is 5.90. The van der Waals surface area contributed by atoms with Crippen molar-refractivity contribution in [1.82, 2.24) is 0 Å². The average molecular weight is 567 g/mol. The van der Waals surface area contributed by atoms with Gasteiger partial charge < -0.3 is 38.4 Å². The molecule has 4 aromatic carbocycles. The van der Waals surface area contributed by atoms with Crippen LogP contribution in [0.2, 0.25) is 0 Å². The molecule has 210 valence electrons. The molecule has 0 radical (unpaired) electrons. The van der Waals surface area contributed by atoms with E-state index >= 15 is 0 Å². The van der Waals surface area contributed by atoms with Crippen LogP contribution < -0.4 is 25.1 Å². The highest BCUT2D eigenvalue weighted by Crippen LogP contribution is 2.45. The molecule has 0 spiro atoms. The zero-order valence-corrected chi connectivity index (χ0v) is 22.2. The van der Waals surface area contributed by atoms with Crippen LogP contribution in [-0.2, 0) is 0 Å². The Morgan fingerprint density at radius 2 is 1.19 bits per heavy atom. The lowest BCUT2D eigenvalue weighted by Gasteiger charge is -2.14. The number of rotatable bonds is 6. The van der Waals surface area contributed by atoms with Crippen molar-refractivity contribution in [3.05, 3.63) is 99.3 Å². The number of fused-ring (bicyclic) bond motifs is 2. The van der Waals surface area contributed by atoms with Crippen molar-refractivity contribution in [2.75, 3.05) is 14.2 Å². The lowest BCUT2D eigenvalue weighted by atomic mass is 10.1. The van der Waals surface area contributed by atoms with Crippen molar-refractivity contribution < 1.29 is 38.4 Å². The third kappa shape index (κ3) is 4.60. The first-order valence-corrected chi connectivity index (χ1v) is 12.6. The van der Waals surface area contributed by atoms with Crippen LogP contribution in [0, 0.1) is 0 Å². The zero-order valence-electron chi connectivity index (χ0n) is 22.2. The third-order valence-corrected chi connectivity index (χ3v) is 6.66. The Balaban J connectivity index is 1.35. The van der Waals surface area contributed by atoms with E-state index in [-0.39, 0.29) is 56.5 Å². The van der Waals surface area contributed by atoms with E-state index in [1.807, 2.05) is 0 Å². The van der Waals surface area contributed by atoms with Gasteiger partial charge in [-0.05, 0) is 48.5 Å². The molecule has 42 heavy (non-hydrogen) atoms. The molecule has 0 aliphatic heterocycles. The van der Waals surface area contributed by atoms with Gasteiger partial charge in [0.2, 0.25) is 5.75 Å². The summed E-state index contributed by atoms with van der Waals surface area (Å²) >= 11 is 0. The van der Waals surface area contributed by atoms with Gasteiger partial charge in [-0.3, -0.25) is 9.59 Å². The minimum atomic E-state index is -0.506. The molecule has 0 aliphatic carbocycles. The Hall–Kier alpha value is -5.90. The molecule has 6 aromatic rings. The lowest BCUT2D eigenvalue weighted by Crippen LogP contribution is -2.03. The fraction of sp³-hybridized carbons (Fsp3) is 0.0625. The predicted molar refractivity (Wildman–Crippen MR) is 154 cm³/mol. The van der Waals surface area contributed by atoms with Gasteiger partial charge >= 0.3 is 0 Å². The van der Waals surface area contributed by atoms with Crippen molar-refractivity contribution in [3.8, 4) is 62.9 Å². The van der Waals surface area contributed by atoms with E-state index < -0.39 is 16.6 Å². The molecule has 0 aliphatic rings. The molecule has 3 N–H and O–H groups in total. The van der Waals surface area contributed by atoms with E-state index in [0.717, 1.165) is 0 Å². The molecule has 10 heteroatoms. The summed E-state index contributed by atoms with van der Waals surface area (Å²) in [6, 6.07) is 19.4. The molecular weight excluding hydrogens is 544 g/mol. The SMILES string of the molecule is COc1cc(O)c2c(=O)cc(-c3ccc(Oc4c(OC)cc5oc(-c6ccc(O)cc6)cc(=O)c5c4O)cc3)oc2c1. The van der Waals surface area contributed by atoms with Crippen LogP contribution in [0.15, 0.2) is 97.3 Å². The highest BCUT2D eigenvalue weighted by Gasteiger charge is 2.21. The molecular formula is C32H22O10. The smallest absolute Gasteiger partial charge is 0.211 e. The standard InChI is InChI=1S/C32H22O10/c1-38-20-11-21(34)29-22(35)13-24(41-26(29)12-20)17-5-9-19(10-6-17)40-32-28(39-2)15-27-30(31(32)37)23(36)14-25(42-27)16-3-7-18(33)8-4-16/h3-15,33-34,37H,1-2H3. The summed E-state index contributed by atoms with van der Waals surface area (Å²) in [7, 11) is 2.82. The van der Waals surface area contributed by atoms with E-state index in [9.17, 15) is 24.9 Å². The number of aromatic hydroxyl groups is 3.